The first-order valence-corrected chi connectivity index (χ1v) is 6.15. The number of hydrogen-bond donors (Lipinski definition) is 0. The van der Waals surface area contributed by atoms with Crippen LogP contribution >= 0.6 is 0 Å². The van der Waals surface area contributed by atoms with Gasteiger partial charge >= 0.3 is 0 Å². The minimum Gasteiger partial charge on any atom is -0.377 e. The molecule has 2 fully saturated rings. The van der Waals surface area contributed by atoms with E-state index in [1.54, 1.807) is 0 Å². The van der Waals surface area contributed by atoms with Gasteiger partial charge in [0.1, 0.15) is 6.67 Å². The van der Waals surface area contributed by atoms with Gasteiger partial charge < -0.3 is 4.74 Å². The van der Waals surface area contributed by atoms with Crippen molar-refractivity contribution in [1.29, 1.82) is 0 Å². The second-order valence-corrected chi connectivity index (χ2v) is 5.10. The Morgan fingerprint density at radius 1 is 1.40 bits per heavy atom. The highest BCUT2D eigenvalue weighted by Crippen LogP contribution is 2.42. The Morgan fingerprint density at radius 3 is 2.87 bits per heavy atom. The van der Waals surface area contributed by atoms with Crippen molar-refractivity contribution < 1.29 is 9.13 Å². The van der Waals surface area contributed by atoms with E-state index in [1.807, 2.05) is 0 Å². The standard InChI is InChI=1S/C12H22FNO/c1-9(2)15-8-12-10-3-4-11(7-10)14(12)6-5-13/h9-12H,3-8H2,1-2H3. The molecule has 1 saturated carbocycles. The monoisotopic (exact) mass is 215 g/mol. The summed E-state index contributed by atoms with van der Waals surface area (Å²) in [5.74, 6) is 0.764. The predicted octanol–water partition coefficient (Wildman–Crippen LogP) is 2.23. The first kappa shape index (κ1) is 11.3. The van der Waals surface area contributed by atoms with Gasteiger partial charge in [-0.1, -0.05) is 0 Å². The molecule has 0 aromatic carbocycles. The molecule has 0 aromatic rings. The van der Waals surface area contributed by atoms with Crippen molar-refractivity contribution in [2.24, 2.45) is 5.92 Å². The quantitative estimate of drug-likeness (QED) is 0.697. The summed E-state index contributed by atoms with van der Waals surface area (Å²) in [6.45, 7) is 5.30. The Labute approximate surface area is 91.8 Å². The van der Waals surface area contributed by atoms with Crippen LogP contribution in [0.25, 0.3) is 0 Å². The molecule has 88 valence electrons. The molecule has 0 radical (unpaired) electrons. The smallest absolute Gasteiger partial charge is 0.102 e. The van der Waals surface area contributed by atoms with E-state index in [2.05, 4.69) is 18.7 Å². The van der Waals surface area contributed by atoms with E-state index in [4.69, 9.17) is 4.74 Å². The lowest BCUT2D eigenvalue weighted by atomic mass is 9.99. The molecular formula is C12H22FNO. The number of piperidine rings is 1. The summed E-state index contributed by atoms with van der Waals surface area (Å²) < 4.78 is 18.2. The second kappa shape index (κ2) is 4.79. The summed E-state index contributed by atoms with van der Waals surface area (Å²) >= 11 is 0. The molecule has 1 aliphatic heterocycles. The van der Waals surface area contributed by atoms with E-state index in [0.717, 1.165) is 12.5 Å². The maximum Gasteiger partial charge on any atom is 0.102 e. The SMILES string of the molecule is CC(C)OCC1C2CCC(C2)N1CCF. The molecule has 2 bridgehead atoms. The molecule has 3 atom stereocenters. The van der Waals surface area contributed by atoms with Crippen molar-refractivity contribution in [3.8, 4) is 0 Å². The molecule has 0 N–H and O–H groups in total. The highest BCUT2D eigenvalue weighted by atomic mass is 19.1. The van der Waals surface area contributed by atoms with Crippen LogP contribution in [0.2, 0.25) is 0 Å². The first-order valence-electron chi connectivity index (χ1n) is 6.15. The maximum absolute atomic E-state index is 12.5. The third-order valence-corrected chi connectivity index (χ3v) is 3.83. The number of halogens is 1. The van der Waals surface area contributed by atoms with Crippen LogP contribution in [-0.4, -0.2) is 42.9 Å². The fourth-order valence-electron chi connectivity index (χ4n) is 3.15. The molecule has 2 aliphatic rings. The third-order valence-electron chi connectivity index (χ3n) is 3.83. The zero-order valence-electron chi connectivity index (χ0n) is 9.79. The van der Waals surface area contributed by atoms with Crippen molar-refractivity contribution in [2.45, 2.75) is 51.3 Å². The van der Waals surface area contributed by atoms with Crippen molar-refractivity contribution in [2.75, 3.05) is 19.8 Å². The van der Waals surface area contributed by atoms with Gasteiger partial charge in [-0.3, -0.25) is 4.90 Å². The van der Waals surface area contributed by atoms with Crippen molar-refractivity contribution in [3.05, 3.63) is 0 Å². The minimum atomic E-state index is -0.221. The minimum absolute atomic E-state index is 0.221. The molecule has 0 spiro atoms. The number of ether oxygens (including phenoxy) is 1. The summed E-state index contributed by atoms with van der Waals surface area (Å²) in [5.41, 5.74) is 0. The van der Waals surface area contributed by atoms with Crippen LogP contribution in [0.1, 0.15) is 33.1 Å². The van der Waals surface area contributed by atoms with Crippen LogP contribution in [-0.2, 0) is 4.74 Å². The molecule has 1 heterocycles. The second-order valence-electron chi connectivity index (χ2n) is 5.10. The van der Waals surface area contributed by atoms with E-state index in [9.17, 15) is 4.39 Å². The van der Waals surface area contributed by atoms with Gasteiger partial charge in [0.2, 0.25) is 0 Å². The number of nitrogens with zero attached hydrogens (tertiary/aromatic N) is 1. The molecular weight excluding hydrogens is 193 g/mol. The fourth-order valence-corrected chi connectivity index (χ4v) is 3.15. The van der Waals surface area contributed by atoms with Gasteiger partial charge in [-0.25, -0.2) is 4.39 Å². The number of hydrogen-bond acceptors (Lipinski definition) is 2. The lowest BCUT2D eigenvalue weighted by molar-refractivity contribution is 0.00639. The number of fused-ring (bicyclic) bond motifs is 2. The number of rotatable bonds is 5. The van der Waals surface area contributed by atoms with E-state index in [-0.39, 0.29) is 12.8 Å². The lowest BCUT2D eigenvalue weighted by Crippen LogP contribution is -2.45. The highest BCUT2D eigenvalue weighted by Gasteiger charge is 2.45. The molecule has 0 amide bonds. The number of alkyl halides is 1. The first-order chi connectivity index (χ1) is 7.22. The van der Waals surface area contributed by atoms with Crippen LogP contribution < -0.4 is 0 Å². The summed E-state index contributed by atoms with van der Waals surface area (Å²) in [6.07, 6.45) is 4.14. The molecule has 2 nitrogen and oxygen atoms in total. The van der Waals surface area contributed by atoms with Crippen LogP contribution in [0, 0.1) is 5.92 Å². The summed E-state index contributed by atoms with van der Waals surface area (Å²) in [7, 11) is 0. The van der Waals surface area contributed by atoms with Gasteiger partial charge in [-0.2, -0.15) is 0 Å². The Bertz CT molecular complexity index is 210. The zero-order valence-corrected chi connectivity index (χ0v) is 9.79. The van der Waals surface area contributed by atoms with Gasteiger partial charge in [0.15, 0.2) is 0 Å². The number of likely N-dealkylation sites (tertiary alicyclic amines) is 1. The van der Waals surface area contributed by atoms with Crippen LogP contribution in [0.5, 0.6) is 0 Å². The van der Waals surface area contributed by atoms with E-state index < -0.39 is 0 Å². The Balaban J connectivity index is 1.90. The molecule has 1 saturated heterocycles. The van der Waals surface area contributed by atoms with E-state index >= 15 is 0 Å². The van der Waals surface area contributed by atoms with Crippen molar-refractivity contribution >= 4 is 0 Å². The Hall–Kier alpha value is -0.150. The summed E-state index contributed by atoms with van der Waals surface area (Å²) in [6, 6.07) is 1.13. The highest BCUT2D eigenvalue weighted by molar-refractivity contribution is 4.99. The lowest BCUT2D eigenvalue weighted by Gasteiger charge is -2.34. The van der Waals surface area contributed by atoms with Crippen LogP contribution in [0.15, 0.2) is 0 Å². The van der Waals surface area contributed by atoms with Gasteiger partial charge in [0.05, 0.1) is 12.7 Å². The molecule has 3 heteroatoms. The molecule has 3 unspecified atom stereocenters. The van der Waals surface area contributed by atoms with Crippen molar-refractivity contribution in [1.82, 2.24) is 4.90 Å². The largest absolute Gasteiger partial charge is 0.377 e. The van der Waals surface area contributed by atoms with Gasteiger partial charge in [-0.05, 0) is 39.0 Å². The van der Waals surface area contributed by atoms with Gasteiger partial charge in [-0.15, -0.1) is 0 Å². The average Bonchev–Trinajstić information content (AvgIpc) is 2.76. The van der Waals surface area contributed by atoms with E-state index in [1.165, 1.54) is 19.3 Å². The Morgan fingerprint density at radius 2 is 2.20 bits per heavy atom. The normalized spacial score (nSPS) is 35.6. The van der Waals surface area contributed by atoms with Crippen LogP contribution in [0.4, 0.5) is 4.39 Å². The summed E-state index contributed by atoms with van der Waals surface area (Å²) in [5, 5.41) is 0. The summed E-state index contributed by atoms with van der Waals surface area (Å²) in [4.78, 5) is 2.34. The molecule has 15 heavy (non-hydrogen) atoms. The zero-order chi connectivity index (χ0) is 10.8. The van der Waals surface area contributed by atoms with Gasteiger partial charge in [0.25, 0.3) is 0 Å². The Kier molecular flexibility index (Phi) is 3.62. The van der Waals surface area contributed by atoms with Crippen LogP contribution in [0.3, 0.4) is 0 Å². The fraction of sp³-hybridized carbons (Fsp3) is 1.00. The molecule has 1 aliphatic carbocycles. The van der Waals surface area contributed by atoms with Crippen molar-refractivity contribution in [3.63, 3.8) is 0 Å². The average molecular weight is 215 g/mol. The van der Waals surface area contributed by atoms with Gasteiger partial charge in [0, 0.05) is 18.6 Å². The maximum atomic E-state index is 12.5. The predicted molar refractivity (Wildman–Crippen MR) is 58.7 cm³/mol. The van der Waals surface area contributed by atoms with E-state index in [0.29, 0.717) is 18.6 Å². The molecule has 2 rings (SSSR count). The topological polar surface area (TPSA) is 12.5 Å². The third kappa shape index (κ3) is 2.34. The molecule has 0 aromatic heterocycles.